The molecule has 0 saturated heterocycles. The molecule has 4 heteroatoms. The van der Waals surface area contributed by atoms with Crippen LogP contribution < -0.4 is 11.1 Å². The second kappa shape index (κ2) is 3.89. The Labute approximate surface area is 99.2 Å². The highest BCUT2D eigenvalue weighted by molar-refractivity contribution is 5.98. The zero-order valence-corrected chi connectivity index (χ0v) is 9.44. The first-order chi connectivity index (χ1) is 8.22. The van der Waals surface area contributed by atoms with Crippen molar-refractivity contribution in [2.24, 2.45) is 5.73 Å². The van der Waals surface area contributed by atoms with E-state index in [2.05, 4.69) is 10.3 Å². The third kappa shape index (κ3) is 1.91. The van der Waals surface area contributed by atoms with Crippen LogP contribution in [0.15, 0.2) is 30.3 Å². The number of aromatic nitrogens is 1. The van der Waals surface area contributed by atoms with Crippen LogP contribution >= 0.6 is 0 Å². The maximum Gasteiger partial charge on any atom is 0.267 e. The number of H-pyrrole nitrogens is 1. The van der Waals surface area contributed by atoms with E-state index < -0.39 is 0 Å². The Bertz CT molecular complexity index is 522. The summed E-state index contributed by atoms with van der Waals surface area (Å²) < 4.78 is 0. The van der Waals surface area contributed by atoms with Crippen LogP contribution in [0.5, 0.6) is 0 Å². The molecule has 1 aromatic carbocycles. The van der Waals surface area contributed by atoms with Gasteiger partial charge in [0.05, 0.1) is 0 Å². The number of carbonyl (C=O) groups is 1. The van der Waals surface area contributed by atoms with Crippen molar-refractivity contribution in [2.75, 3.05) is 0 Å². The molecule has 1 saturated carbocycles. The van der Waals surface area contributed by atoms with Crippen LogP contribution in [0.25, 0.3) is 10.9 Å². The molecule has 4 nitrogen and oxygen atoms in total. The van der Waals surface area contributed by atoms with Crippen LogP contribution in [0, 0.1) is 0 Å². The van der Waals surface area contributed by atoms with Gasteiger partial charge in [0, 0.05) is 23.0 Å². The van der Waals surface area contributed by atoms with Gasteiger partial charge in [-0.2, -0.15) is 0 Å². The van der Waals surface area contributed by atoms with Gasteiger partial charge in [0.1, 0.15) is 5.69 Å². The van der Waals surface area contributed by atoms with E-state index in [1.54, 1.807) is 0 Å². The lowest BCUT2D eigenvalue weighted by Crippen LogP contribution is -2.50. The van der Waals surface area contributed by atoms with Gasteiger partial charge in [-0.25, -0.2) is 0 Å². The summed E-state index contributed by atoms with van der Waals surface area (Å²) in [6, 6.07) is 10.2. The maximum atomic E-state index is 11.9. The zero-order chi connectivity index (χ0) is 11.8. The summed E-state index contributed by atoms with van der Waals surface area (Å²) in [5, 5.41) is 4.03. The first-order valence-corrected chi connectivity index (χ1v) is 5.86. The quantitative estimate of drug-likeness (QED) is 0.728. The lowest BCUT2D eigenvalue weighted by Gasteiger charge is -2.32. The van der Waals surface area contributed by atoms with Gasteiger partial charge >= 0.3 is 0 Å². The van der Waals surface area contributed by atoms with E-state index in [1.165, 1.54) is 0 Å². The first-order valence-electron chi connectivity index (χ1n) is 5.86. The fraction of sp³-hybridized carbons (Fsp3) is 0.308. The molecule has 2 aromatic rings. The molecule has 88 valence electrons. The van der Waals surface area contributed by atoms with Crippen LogP contribution in [0.2, 0.25) is 0 Å². The number of amides is 1. The number of aromatic amines is 1. The van der Waals surface area contributed by atoms with Crippen LogP contribution in [0.4, 0.5) is 0 Å². The molecule has 1 heterocycles. The summed E-state index contributed by atoms with van der Waals surface area (Å²) in [5.74, 6) is -0.0434. The third-order valence-electron chi connectivity index (χ3n) is 3.28. The van der Waals surface area contributed by atoms with Crippen LogP contribution in [0.3, 0.4) is 0 Å². The fourth-order valence-corrected chi connectivity index (χ4v) is 2.24. The molecule has 1 aliphatic rings. The van der Waals surface area contributed by atoms with Crippen molar-refractivity contribution in [1.82, 2.24) is 10.3 Å². The second-order valence-electron chi connectivity index (χ2n) is 4.67. The van der Waals surface area contributed by atoms with E-state index in [0.717, 1.165) is 23.7 Å². The standard InChI is InChI=1S/C13H15N3O/c14-9-6-10(7-9)15-13(17)12-5-8-3-1-2-4-11(8)16-12/h1-5,9-10,16H,6-7,14H2,(H,15,17). The lowest BCUT2D eigenvalue weighted by atomic mass is 9.87. The highest BCUT2D eigenvalue weighted by atomic mass is 16.1. The predicted octanol–water partition coefficient (Wildman–Crippen LogP) is 1.39. The Morgan fingerprint density at radius 2 is 2.12 bits per heavy atom. The Morgan fingerprint density at radius 3 is 2.82 bits per heavy atom. The van der Waals surface area contributed by atoms with Crippen LogP contribution in [-0.4, -0.2) is 23.0 Å². The van der Waals surface area contributed by atoms with Crippen molar-refractivity contribution >= 4 is 16.8 Å². The number of hydrogen-bond acceptors (Lipinski definition) is 2. The zero-order valence-electron chi connectivity index (χ0n) is 9.44. The van der Waals surface area contributed by atoms with Crippen molar-refractivity contribution in [3.05, 3.63) is 36.0 Å². The average molecular weight is 229 g/mol. The minimum atomic E-state index is -0.0434. The predicted molar refractivity (Wildman–Crippen MR) is 66.8 cm³/mol. The first kappa shape index (κ1) is 10.4. The van der Waals surface area contributed by atoms with Crippen molar-refractivity contribution in [1.29, 1.82) is 0 Å². The molecule has 0 spiro atoms. The number of nitrogens with two attached hydrogens (primary N) is 1. The maximum absolute atomic E-state index is 11.9. The number of rotatable bonds is 2. The van der Waals surface area contributed by atoms with Gasteiger partial charge in [-0.05, 0) is 25.0 Å². The number of fused-ring (bicyclic) bond motifs is 1. The molecule has 3 rings (SSSR count). The Hall–Kier alpha value is -1.81. The number of para-hydroxylation sites is 1. The van der Waals surface area contributed by atoms with Crippen LogP contribution in [0.1, 0.15) is 23.3 Å². The number of hydrogen-bond donors (Lipinski definition) is 3. The Morgan fingerprint density at radius 1 is 1.35 bits per heavy atom. The van der Waals surface area contributed by atoms with Gasteiger partial charge < -0.3 is 16.0 Å². The minimum Gasteiger partial charge on any atom is -0.351 e. The van der Waals surface area contributed by atoms with Gasteiger partial charge in [0.25, 0.3) is 5.91 Å². The van der Waals surface area contributed by atoms with Gasteiger partial charge in [-0.15, -0.1) is 0 Å². The molecule has 0 unspecified atom stereocenters. The number of benzene rings is 1. The smallest absolute Gasteiger partial charge is 0.267 e. The van der Waals surface area contributed by atoms with Gasteiger partial charge in [0.2, 0.25) is 0 Å². The molecule has 1 amide bonds. The summed E-state index contributed by atoms with van der Waals surface area (Å²) >= 11 is 0. The summed E-state index contributed by atoms with van der Waals surface area (Å²) in [5.41, 5.74) is 7.29. The molecule has 0 bridgehead atoms. The third-order valence-corrected chi connectivity index (χ3v) is 3.28. The molecule has 0 atom stereocenters. The molecule has 0 aliphatic heterocycles. The second-order valence-corrected chi connectivity index (χ2v) is 4.67. The largest absolute Gasteiger partial charge is 0.351 e. The summed E-state index contributed by atoms with van der Waals surface area (Å²) in [4.78, 5) is 15.1. The fourth-order valence-electron chi connectivity index (χ4n) is 2.24. The summed E-state index contributed by atoms with van der Waals surface area (Å²) in [6.45, 7) is 0. The summed E-state index contributed by atoms with van der Waals surface area (Å²) in [7, 11) is 0. The molecule has 17 heavy (non-hydrogen) atoms. The van der Waals surface area contributed by atoms with Gasteiger partial charge in [0.15, 0.2) is 0 Å². The van der Waals surface area contributed by atoms with E-state index >= 15 is 0 Å². The van der Waals surface area contributed by atoms with E-state index in [-0.39, 0.29) is 18.0 Å². The SMILES string of the molecule is NC1CC(NC(=O)c2cc3ccccc3[nH]2)C1. The van der Waals surface area contributed by atoms with Crippen molar-refractivity contribution in [3.8, 4) is 0 Å². The van der Waals surface area contributed by atoms with E-state index in [4.69, 9.17) is 5.73 Å². The lowest BCUT2D eigenvalue weighted by molar-refractivity contribution is 0.0906. The number of carbonyl (C=O) groups excluding carboxylic acids is 1. The van der Waals surface area contributed by atoms with E-state index in [1.807, 2.05) is 30.3 Å². The van der Waals surface area contributed by atoms with Crippen molar-refractivity contribution in [3.63, 3.8) is 0 Å². The summed E-state index contributed by atoms with van der Waals surface area (Å²) in [6.07, 6.45) is 1.76. The van der Waals surface area contributed by atoms with Gasteiger partial charge in [-0.3, -0.25) is 4.79 Å². The van der Waals surface area contributed by atoms with Crippen molar-refractivity contribution < 1.29 is 4.79 Å². The molecule has 1 aliphatic carbocycles. The molecular weight excluding hydrogens is 214 g/mol. The normalized spacial score (nSPS) is 23.4. The Balaban J connectivity index is 1.76. The topological polar surface area (TPSA) is 70.9 Å². The average Bonchev–Trinajstić information content (AvgIpc) is 2.70. The highest BCUT2D eigenvalue weighted by Gasteiger charge is 2.27. The highest BCUT2D eigenvalue weighted by Crippen LogP contribution is 2.19. The van der Waals surface area contributed by atoms with Crippen molar-refractivity contribution in [2.45, 2.75) is 24.9 Å². The molecule has 0 radical (unpaired) electrons. The number of nitrogens with one attached hydrogen (secondary N) is 2. The van der Waals surface area contributed by atoms with E-state index in [9.17, 15) is 4.79 Å². The van der Waals surface area contributed by atoms with E-state index in [0.29, 0.717) is 5.69 Å². The monoisotopic (exact) mass is 229 g/mol. The molecular formula is C13H15N3O. The molecule has 1 aromatic heterocycles. The Kier molecular flexibility index (Phi) is 2.37. The minimum absolute atomic E-state index is 0.0434. The van der Waals surface area contributed by atoms with Crippen LogP contribution in [-0.2, 0) is 0 Å². The molecule has 1 fully saturated rings. The molecule has 4 N–H and O–H groups in total. The van der Waals surface area contributed by atoms with Gasteiger partial charge in [-0.1, -0.05) is 18.2 Å².